The predicted molar refractivity (Wildman–Crippen MR) is 103 cm³/mol. The van der Waals surface area contributed by atoms with E-state index in [-0.39, 0.29) is 10.8 Å². The first-order valence-corrected chi connectivity index (χ1v) is 9.29. The first-order chi connectivity index (χ1) is 10.4. The molecular formula is C22H38O. The van der Waals surface area contributed by atoms with E-state index in [1.807, 2.05) is 0 Å². The molecule has 0 aliphatic carbocycles. The summed E-state index contributed by atoms with van der Waals surface area (Å²) in [4.78, 5) is 0. The van der Waals surface area contributed by atoms with Gasteiger partial charge in [0.25, 0.3) is 0 Å². The lowest BCUT2D eigenvalue weighted by Crippen LogP contribution is -2.18. The number of aromatic hydroxyl groups is 1. The van der Waals surface area contributed by atoms with Crippen LogP contribution in [0.4, 0.5) is 0 Å². The van der Waals surface area contributed by atoms with Gasteiger partial charge in [0.1, 0.15) is 5.75 Å². The quantitative estimate of drug-likeness (QED) is 0.575. The lowest BCUT2D eigenvalue weighted by Gasteiger charge is -2.28. The summed E-state index contributed by atoms with van der Waals surface area (Å²) < 4.78 is 0. The van der Waals surface area contributed by atoms with E-state index in [0.717, 1.165) is 23.5 Å². The van der Waals surface area contributed by atoms with Gasteiger partial charge >= 0.3 is 0 Å². The molecule has 0 radical (unpaired) electrons. The molecule has 1 aromatic carbocycles. The fourth-order valence-electron chi connectivity index (χ4n) is 3.04. The maximum absolute atomic E-state index is 10.8. The smallest absolute Gasteiger partial charge is 0.123 e. The molecule has 0 aliphatic heterocycles. The van der Waals surface area contributed by atoms with Crippen molar-refractivity contribution < 1.29 is 5.11 Å². The summed E-state index contributed by atoms with van der Waals surface area (Å²) in [7, 11) is 0. The second-order valence-electron chi connectivity index (χ2n) is 9.53. The van der Waals surface area contributed by atoms with Crippen LogP contribution >= 0.6 is 0 Å². The molecule has 0 heterocycles. The molecule has 0 saturated heterocycles. The summed E-state index contributed by atoms with van der Waals surface area (Å²) in [5.74, 6) is 1.30. The number of hydrogen-bond donors (Lipinski definition) is 1. The largest absolute Gasteiger partial charge is 0.507 e. The Balaban J connectivity index is 2.96. The number of unbranched alkanes of at least 4 members (excludes halogenated alkanes) is 2. The number of hydrogen-bond acceptors (Lipinski definition) is 1. The predicted octanol–water partition coefficient (Wildman–Crippen LogP) is 6.75. The van der Waals surface area contributed by atoms with Crippen molar-refractivity contribution in [2.45, 2.75) is 98.3 Å². The van der Waals surface area contributed by atoms with Gasteiger partial charge in [-0.05, 0) is 46.3 Å². The molecule has 23 heavy (non-hydrogen) atoms. The minimum absolute atomic E-state index is 0.0300. The Labute approximate surface area is 144 Å². The minimum atomic E-state index is -0.0300. The third-order valence-corrected chi connectivity index (χ3v) is 4.53. The van der Waals surface area contributed by atoms with Gasteiger partial charge in [-0.1, -0.05) is 86.8 Å². The normalized spacial score (nSPS) is 12.9. The molecule has 1 N–H and O–H groups in total. The molecule has 0 spiro atoms. The van der Waals surface area contributed by atoms with Crippen molar-refractivity contribution in [2.24, 2.45) is 5.92 Å². The van der Waals surface area contributed by atoms with Crippen molar-refractivity contribution in [1.82, 2.24) is 0 Å². The molecule has 1 aromatic rings. The van der Waals surface area contributed by atoms with Gasteiger partial charge in [-0.2, -0.15) is 0 Å². The van der Waals surface area contributed by atoms with E-state index in [1.165, 1.54) is 31.2 Å². The van der Waals surface area contributed by atoms with E-state index >= 15 is 0 Å². The molecule has 1 nitrogen and oxygen atoms in total. The SMILES string of the molecule is CC(C)CCCCCc1cc(C(C)(C)C)c(O)c(C(C)(C)C)c1. The van der Waals surface area contributed by atoms with Gasteiger partial charge in [-0.15, -0.1) is 0 Å². The van der Waals surface area contributed by atoms with Crippen LogP contribution in [0.2, 0.25) is 0 Å². The number of phenols is 1. The second kappa shape index (κ2) is 7.73. The van der Waals surface area contributed by atoms with Crippen molar-refractivity contribution >= 4 is 0 Å². The van der Waals surface area contributed by atoms with Gasteiger partial charge in [0, 0.05) is 0 Å². The third kappa shape index (κ3) is 6.20. The van der Waals surface area contributed by atoms with E-state index < -0.39 is 0 Å². The number of aryl methyl sites for hydroxylation is 1. The third-order valence-electron chi connectivity index (χ3n) is 4.53. The lowest BCUT2D eigenvalue weighted by atomic mass is 9.78. The number of phenolic OH excluding ortho intramolecular Hbond substituents is 1. The Bertz CT molecular complexity index is 463. The van der Waals surface area contributed by atoms with Crippen LogP contribution < -0.4 is 0 Å². The molecule has 0 atom stereocenters. The molecule has 132 valence electrons. The van der Waals surface area contributed by atoms with E-state index in [2.05, 4.69) is 67.5 Å². The van der Waals surface area contributed by atoms with Crippen LogP contribution in [-0.4, -0.2) is 5.11 Å². The van der Waals surface area contributed by atoms with Crippen LogP contribution in [0.3, 0.4) is 0 Å². The maximum Gasteiger partial charge on any atom is 0.123 e. The highest BCUT2D eigenvalue weighted by atomic mass is 16.3. The van der Waals surface area contributed by atoms with Gasteiger partial charge in [0.15, 0.2) is 0 Å². The van der Waals surface area contributed by atoms with E-state index in [9.17, 15) is 5.11 Å². The van der Waals surface area contributed by atoms with E-state index in [0.29, 0.717) is 5.75 Å². The summed E-state index contributed by atoms with van der Waals surface area (Å²) in [5.41, 5.74) is 3.49. The van der Waals surface area contributed by atoms with Crippen LogP contribution in [0.1, 0.15) is 97.8 Å². The van der Waals surface area contributed by atoms with E-state index in [1.54, 1.807) is 0 Å². The molecule has 0 aromatic heterocycles. The van der Waals surface area contributed by atoms with Crippen molar-refractivity contribution in [2.75, 3.05) is 0 Å². The first-order valence-electron chi connectivity index (χ1n) is 9.29. The average molecular weight is 319 g/mol. The molecule has 0 amide bonds. The van der Waals surface area contributed by atoms with Crippen LogP contribution in [0.25, 0.3) is 0 Å². The van der Waals surface area contributed by atoms with Crippen molar-refractivity contribution in [3.05, 3.63) is 28.8 Å². The van der Waals surface area contributed by atoms with Crippen molar-refractivity contribution in [3.63, 3.8) is 0 Å². The summed E-state index contributed by atoms with van der Waals surface area (Å²) in [6, 6.07) is 4.46. The zero-order chi connectivity index (χ0) is 17.8. The van der Waals surface area contributed by atoms with E-state index in [4.69, 9.17) is 0 Å². The van der Waals surface area contributed by atoms with Gasteiger partial charge in [-0.3, -0.25) is 0 Å². The van der Waals surface area contributed by atoms with Gasteiger partial charge < -0.3 is 5.11 Å². The molecule has 0 unspecified atom stereocenters. The first kappa shape index (κ1) is 20.1. The molecular weight excluding hydrogens is 280 g/mol. The van der Waals surface area contributed by atoms with Gasteiger partial charge in [0.05, 0.1) is 0 Å². The molecule has 1 rings (SSSR count). The van der Waals surface area contributed by atoms with Crippen molar-refractivity contribution in [3.8, 4) is 5.75 Å². The van der Waals surface area contributed by atoms with Gasteiger partial charge in [0.2, 0.25) is 0 Å². The Morgan fingerprint density at radius 1 is 0.826 bits per heavy atom. The number of benzene rings is 1. The summed E-state index contributed by atoms with van der Waals surface area (Å²) >= 11 is 0. The standard InChI is InChI=1S/C22H38O/c1-16(2)12-10-9-11-13-17-14-18(21(3,4)5)20(23)19(15-17)22(6,7)8/h14-16,23H,9-13H2,1-8H3. The summed E-state index contributed by atoms with van der Waals surface area (Å²) in [6.45, 7) is 17.7. The maximum atomic E-state index is 10.8. The monoisotopic (exact) mass is 318 g/mol. The Morgan fingerprint density at radius 3 is 1.70 bits per heavy atom. The fraction of sp³-hybridized carbons (Fsp3) is 0.727. The molecule has 1 heteroatoms. The molecule has 0 bridgehead atoms. The zero-order valence-corrected chi connectivity index (χ0v) is 16.7. The zero-order valence-electron chi connectivity index (χ0n) is 16.7. The summed E-state index contributed by atoms with van der Waals surface area (Å²) in [5, 5.41) is 10.8. The summed E-state index contributed by atoms with van der Waals surface area (Å²) in [6.07, 6.45) is 6.31. The average Bonchev–Trinajstić information content (AvgIpc) is 2.36. The number of rotatable bonds is 6. The van der Waals surface area contributed by atoms with Crippen LogP contribution in [-0.2, 0) is 17.3 Å². The Hall–Kier alpha value is -0.980. The molecule has 0 saturated carbocycles. The Morgan fingerprint density at radius 2 is 1.30 bits per heavy atom. The lowest BCUT2D eigenvalue weighted by molar-refractivity contribution is 0.422. The minimum Gasteiger partial charge on any atom is -0.507 e. The molecule has 0 aliphatic rings. The van der Waals surface area contributed by atoms with Gasteiger partial charge in [-0.25, -0.2) is 0 Å². The van der Waals surface area contributed by atoms with Crippen LogP contribution in [0.15, 0.2) is 12.1 Å². The molecule has 0 fully saturated rings. The highest BCUT2D eigenvalue weighted by molar-refractivity contribution is 5.49. The topological polar surface area (TPSA) is 20.2 Å². The highest BCUT2D eigenvalue weighted by Crippen LogP contribution is 2.40. The van der Waals surface area contributed by atoms with Crippen LogP contribution in [0, 0.1) is 5.92 Å². The fourth-order valence-corrected chi connectivity index (χ4v) is 3.04. The van der Waals surface area contributed by atoms with Crippen LogP contribution in [0.5, 0.6) is 5.75 Å². The van der Waals surface area contributed by atoms with Crippen molar-refractivity contribution in [1.29, 1.82) is 0 Å². The highest BCUT2D eigenvalue weighted by Gasteiger charge is 2.26. The Kier molecular flexibility index (Phi) is 6.74. The second-order valence-corrected chi connectivity index (χ2v) is 9.53.